The number of ether oxygens (including phenoxy) is 1. The Morgan fingerprint density at radius 2 is 1.71 bits per heavy atom. The molecule has 0 radical (unpaired) electrons. The largest absolute Gasteiger partial charge is 0.489 e. The van der Waals surface area contributed by atoms with Crippen molar-refractivity contribution >= 4 is 12.4 Å². The molecule has 0 aliphatic heterocycles. The summed E-state index contributed by atoms with van der Waals surface area (Å²) in [6.07, 6.45) is 9.96. The number of hydrogen-bond acceptors (Lipinski definition) is 5. The Labute approximate surface area is 150 Å². The van der Waals surface area contributed by atoms with Crippen molar-refractivity contribution in [3.05, 3.63) is 30.8 Å². The molecule has 2 rings (SSSR count). The van der Waals surface area contributed by atoms with Gasteiger partial charge in [0.15, 0.2) is 17.3 Å². The van der Waals surface area contributed by atoms with Gasteiger partial charge in [-0.15, -0.1) is 12.4 Å². The molecule has 6 heteroatoms. The van der Waals surface area contributed by atoms with Crippen LogP contribution in [0.25, 0.3) is 11.6 Å². The highest BCUT2D eigenvalue weighted by molar-refractivity contribution is 5.85. The third-order valence-electron chi connectivity index (χ3n) is 3.70. The molecule has 0 spiro atoms. The molecule has 0 amide bonds. The van der Waals surface area contributed by atoms with Crippen LogP contribution in [0.2, 0.25) is 0 Å². The average molecular weight is 354 g/mol. The zero-order valence-corrected chi connectivity index (χ0v) is 15.4. The van der Waals surface area contributed by atoms with E-state index in [9.17, 15) is 0 Å². The van der Waals surface area contributed by atoms with Crippen molar-refractivity contribution in [1.82, 2.24) is 14.9 Å². The minimum atomic E-state index is 0. The number of unbranched alkanes of at least 4 members (excludes halogenated alkanes) is 2. The summed E-state index contributed by atoms with van der Waals surface area (Å²) in [5.74, 6) is 1.95. The molecule has 0 saturated heterocycles. The van der Waals surface area contributed by atoms with Gasteiger partial charge < -0.3 is 9.15 Å². The first-order valence-corrected chi connectivity index (χ1v) is 8.54. The van der Waals surface area contributed by atoms with E-state index in [0.717, 1.165) is 19.6 Å². The highest BCUT2D eigenvalue weighted by Gasteiger charge is 2.06. The molecule has 0 saturated carbocycles. The Hall–Kier alpha value is -1.59. The van der Waals surface area contributed by atoms with Crippen molar-refractivity contribution in [3.8, 4) is 17.3 Å². The third-order valence-corrected chi connectivity index (χ3v) is 3.70. The number of hydrogen-bond donors (Lipinski definition) is 0. The fourth-order valence-corrected chi connectivity index (χ4v) is 2.32. The maximum atomic E-state index is 5.77. The first-order chi connectivity index (χ1) is 11.3. The normalized spacial score (nSPS) is 10.6. The Kier molecular flexibility index (Phi) is 10.1. The number of rotatable bonds is 11. The van der Waals surface area contributed by atoms with Crippen molar-refractivity contribution < 1.29 is 9.15 Å². The lowest BCUT2D eigenvalue weighted by Gasteiger charge is -2.21. The molecular weight excluding hydrogens is 326 g/mol. The van der Waals surface area contributed by atoms with Crippen LogP contribution in [0.4, 0.5) is 0 Å². The van der Waals surface area contributed by atoms with Crippen LogP contribution < -0.4 is 4.74 Å². The number of halogens is 1. The summed E-state index contributed by atoms with van der Waals surface area (Å²) in [7, 11) is 0. The van der Waals surface area contributed by atoms with E-state index >= 15 is 0 Å². The summed E-state index contributed by atoms with van der Waals surface area (Å²) < 4.78 is 11.0. The standard InChI is InChI=1S/C18H27N3O2.ClH/c1-3-5-9-21(10-6-4-2)11-13-22-16-14-19-18(20-15-16)17-8-7-12-23-17;/h7-8,12,14-15H,3-6,9-11,13H2,1-2H3;1H. The molecule has 0 aromatic carbocycles. The van der Waals surface area contributed by atoms with E-state index in [-0.39, 0.29) is 12.4 Å². The molecule has 0 aliphatic carbocycles. The van der Waals surface area contributed by atoms with Gasteiger partial charge in [-0.2, -0.15) is 0 Å². The van der Waals surface area contributed by atoms with Gasteiger partial charge in [-0.25, -0.2) is 9.97 Å². The minimum Gasteiger partial charge on any atom is -0.489 e. The van der Waals surface area contributed by atoms with Crippen LogP contribution in [0.1, 0.15) is 39.5 Å². The fraction of sp³-hybridized carbons (Fsp3) is 0.556. The zero-order valence-electron chi connectivity index (χ0n) is 14.6. The molecule has 0 atom stereocenters. The van der Waals surface area contributed by atoms with Crippen molar-refractivity contribution in [2.24, 2.45) is 0 Å². The monoisotopic (exact) mass is 353 g/mol. The van der Waals surface area contributed by atoms with Gasteiger partial charge in [0.2, 0.25) is 0 Å². The molecule has 24 heavy (non-hydrogen) atoms. The van der Waals surface area contributed by atoms with E-state index in [0.29, 0.717) is 23.9 Å². The van der Waals surface area contributed by atoms with E-state index in [1.165, 1.54) is 25.7 Å². The molecule has 134 valence electrons. The summed E-state index contributed by atoms with van der Waals surface area (Å²) in [4.78, 5) is 11.0. The molecule has 0 unspecified atom stereocenters. The Morgan fingerprint density at radius 1 is 1.04 bits per heavy atom. The molecule has 0 N–H and O–H groups in total. The predicted octanol–water partition coefficient (Wildman–Crippen LogP) is 4.44. The van der Waals surface area contributed by atoms with Crippen molar-refractivity contribution in [3.63, 3.8) is 0 Å². The summed E-state index contributed by atoms with van der Waals surface area (Å²) in [6.45, 7) is 8.36. The van der Waals surface area contributed by atoms with Crippen LogP contribution in [-0.2, 0) is 0 Å². The van der Waals surface area contributed by atoms with Crippen molar-refractivity contribution in [2.45, 2.75) is 39.5 Å². The highest BCUT2D eigenvalue weighted by atomic mass is 35.5. The van der Waals surface area contributed by atoms with Crippen LogP contribution in [0.5, 0.6) is 5.75 Å². The Morgan fingerprint density at radius 3 is 2.25 bits per heavy atom. The van der Waals surface area contributed by atoms with Gasteiger partial charge >= 0.3 is 0 Å². The van der Waals surface area contributed by atoms with Crippen molar-refractivity contribution in [2.75, 3.05) is 26.2 Å². The van der Waals surface area contributed by atoms with E-state index in [2.05, 4.69) is 28.7 Å². The van der Waals surface area contributed by atoms with E-state index in [1.807, 2.05) is 12.1 Å². The molecule has 5 nitrogen and oxygen atoms in total. The molecule has 2 aromatic heterocycles. The molecule has 0 fully saturated rings. The molecule has 2 heterocycles. The fourth-order valence-electron chi connectivity index (χ4n) is 2.32. The number of aromatic nitrogens is 2. The van der Waals surface area contributed by atoms with Gasteiger partial charge in [0, 0.05) is 6.54 Å². The van der Waals surface area contributed by atoms with Crippen LogP contribution >= 0.6 is 12.4 Å². The second kappa shape index (κ2) is 11.9. The van der Waals surface area contributed by atoms with E-state index < -0.39 is 0 Å². The van der Waals surface area contributed by atoms with Gasteiger partial charge in [0.25, 0.3) is 0 Å². The number of nitrogens with zero attached hydrogens (tertiary/aromatic N) is 3. The van der Waals surface area contributed by atoms with Gasteiger partial charge in [-0.05, 0) is 38.1 Å². The predicted molar refractivity (Wildman–Crippen MR) is 98.7 cm³/mol. The SMILES string of the molecule is CCCCN(CCCC)CCOc1cnc(-c2ccco2)nc1.Cl. The molecule has 0 aliphatic rings. The first-order valence-electron chi connectivity index (χ1n) is 8.54. The van der Waals surface area contributed by atoms with Gasteiger partial charge in [0.1, 0.15) is 6.61 Å². The Bertz CT molecular complexity index is 524. The maximum Gasteiger partial charge on any atom is 0.195 e. The van der Waals surface area contributed by atoms with Crippen LogP contribution in [0.3, 0.4) is 0 Å². The summed E-state index contributed by atoms with van der Waals surface area (Å²) in [5.41, 5.74) is 0. The lowest BCUT2D eigenvalue weighted by atomic mass is 10.2. The molecule has 2 aromatic rings. The summed E-state index contributed by atoms with van der Waals surface area (Å²) in [5, 5.41) is 0. The minimum absolute atomic E-state index is 0. The van der Waals surface area contributed by atoms with Crippen LogP contribution in [0, 0.1) is 0 Å². The smallest absolute Gasteiger partial charge is 0.195 e. The van der Waals surface area contributed by atoms with Crippen LogP contribution in [0.15, 0.2) is 35.2 Å². The first kappa shape index (κ1) is 20.5. The Balaban J connectivity index is 0.00000288. The van der Waals surface area contributed by atoms with E-state index in [4.69, 9.17) is 9.15 Å². The molecule has 0 bridgehead atoms. The molecular formula is C18H28ClN3O2. The van der Waals surface area contributed by atoms with Crippen LogP contribution in [-0.4, -0.2) is 41.1 Å². The summed E-state index contributed by atoms with van der Waals surface area (Å²) >= 11 is 0. The van der Waals surface area contributed by atoms with Gasteiger partial charge in [-0.1, -0.05) is 26.7 Å². The van der Waals surface area contributed by atoms with Gasteiger partial charge in [-0.3, -0.25) is 4.90 Å². The third kappa shape index (κ3) is 6.89. The van der Waals surface area contributed by atoms with Gasteiger partial charge in [0.05, 0.1) is 18.7 Å². The lowest BCUT2D eigenvalue weighted by molar-refractivity contribution is 0.203. The van der Waals surface area contributed by atoms with Crippen molar-refractivity contribution in [1.29, 1.82) is 0 Å². The highest BCUT2D eigenvalue weighted by Crippen LogP contribution is 2.16. The zero-order chi connectivity index (χ0) is 16.3. The number of furan rings is 1. The quantitative estimate of drug-likeness (QED) is 0.597. The second-order valence-electron chi connectivity index (χ2n) is 5.62. The van der Waals surface area contributed by atoms with E-state index in [1.54, 1.807) is 18.7 Å². The second-order valence-corrected chi connectivity index (χ2v) is 5.62. The topological polar surface area (TPSA) is 51.4 Å². The maximum absolute atomic E-state index is 5.77. The lowest BCUT2D eigenvalue weighted by Crippen LogP contribution is -2.30. The summed E-state index contributed by atoms with van der Waals surface area (Å²) in [6, 6.07) is 3.67. The average Bonchev–Trinajstić information content (AvgIpc) is 3.12.